The molecule has 1 aromatic heterocycles. The van der Waals surface area contributed by atoms with E-state index in [4.69, 9.17) is 4.74 Å². The first-order chi connectivity index (χ1) is 9.32. The van der Waals surface area contributed by atoms with Crippen molar-refractivity contribution in [3.05, 3.63) is 24.5 Å². The van der Waals surface area contributed by atoms with Crippen LogP contribution in [-0.2, 0) is 0 Å². The fourth-order valence-electron chi connectivity index (χ4n) is 2.20. The Labute approximate surface area is 119 Å². The van der Waals surface area contributed by atoms with Crippen molar-refractivity contribution in [2.24, 2.45) is 5.41 Å². The van der Waals surface area contributed by atoms with E-state index in [-0.39, 0.29) is 11.0 Å². The van der Waals surface area contributed by atoms with E-state index in [9.17, 15) is 9.90 Å². The summed E-state index contributed by atoms with van der Waals surface area (Å²) in [5.74, 6) is 0.680. The van der Waals surface area contributed by atoms with Crippen molar-refractivity contribution in [3.8, 4) is 5.75 Å². The van der Waals surface area contributed by atoms with Gasteiger partial charge in [0.15, 0.2) is 0 Å². The standard InChI is InChI=1S/C15H22N2O3/c1-14(2,3)10-17(13(18)19)15(6-7-15)11-20-12-5-4-8-16-9-12/h4-5,8-9H,6-7,10-11H2,1-3H3,(H,18,19). The molecule has 0 radical (unpaired) electrons. The van der Waals surface area contributed by atoms with Gasteiger partial charge in [-0.1, -0.05) is 20.8 Å². The zero-order chi connectivity index (χ0) is 14.8. The molecular formula is C15H22N2O3. The molecule has 5 heteroatoms. The Balaban J connectivity index is 2.02. The molecule has 1 amide bonds. The second-order valence-corrected chi connectivity index (χ2v) is 6.63. The Bertz CT molecular complexity index is 464. The first kappa shape index (κ1) is 14.6. The molecule has 1 saturated carbocycles. The average Bonchev–Trinajstić information content (AvgIpc) is 3.15. The van der Waals surface area contributed by atoms with Gasteiger partial charge in [0.25, 0.3) is 0 Å². The van der Waals surface area contributed by atoms with Crippen LogP contribution in [0.3, 0.4) is 0 Å². The number of nitrogens with zero attached hydrogens (tertiary/aromatic N) is 2. The van der Waals surface area contributed by atoms with Gasteiger partial charge in [0.2, 0.25) is 0 Å². The van der Waals surface area contributed by atoms with Crippen LogP contribution in [0.2, 0.25) is 0 Å². The molecule has 1 aliphatic carbocycles. The largest absolute Gasteiger partial charge is 0.490 e. The van der Waals surface area contributed by atoms with Gasteiger partial charge in [-0.3, -0.25) is 9.88 Å². The van der Waals surface area contributed by atoms with Crippen LogP contribution in [0.1, 0.15) is 33.6 Å². The number of aromatic nitrogens is 1. The van der Waals surface area contributed by atoms with E-state index in [1.807, 2.05) is 26.8 Å². The van der Waals surface area contributed by atoms with Gasteiger partial charge in [0.1, 0.15) is 12.4 Å². The first-order valence-corrected chi connectivity index (χ1v) is 6.86. The predicted molar refractivity (Wildman–Crippen MR) is 75.9 cm³/mol. The summed E-state index contributed by atoms with van der Waals surface area (Å²) in [5.41, 5.74) is -0.433. The number of ether oxygens (including phenoxy) is 1. The molecule has 0 bridgehead atoms. The van der Waals surface area contributed by atoms with Crippen molar-refractivity contribution >= 4 is 6.09 Å². The summed E-state index contributed by atoms with van der Waals surface area (Å²) in [6.07, 6.45) is 4.17. The first-order valence-electron chi connectivity index (χ1n) is 6.86. The van der Waals surface area contributed by atoms with E-state index in [1.54, 1.807) is 23.4 Å². The highest BCUT2D eigenvalue weighted by atomic mass is 16.5. The molecular weight excluding hydrogens is 256 g/mol. The monoisotopic (exact) mass is 278 g/mol. The van der Waals surface area contributed by atoms with E-state index < -0.39 is 6.09 Å². The van der Waals surface area contributed by atoms with Crippen LogP contribution in [0.15, 0.2) is 24.5 Å². The van der Waals surface area contributed by atoms with Crippen LogP contribution in [0, 0.1) is 5.41 Å². The lowest BCUT2D eigenvalue weighted by Crippen LogP contribution is -2.48. The van der Waals surface area contributed by atoms with Crippen LogP contribution < -0.4 is 4.74 Å². The minimum Gasteiger partial charge on any atom is -0.490 e. The second kappa shape index (κ2) is 5.31. The molecule has 0 saturated heterocycles. The number of carbonyl (C=O) groups is 1. The van der Waals surface area contributed by atoms with Crippen molar-refractivity contribution in [1.82, 2.24) is 9.88 Å². The molecule has 0 aromatic carbocycles. The van der Waals surface area contributed by atoms with Crippen LogP contribution in [-0.4, -0.2) is 39.8 Å². The summed E-state index contributed by atoms with van der Waals surface area (Å²) in [6.45, 7) is 7.03. The number of rotatable bonds is 5. The minimum atomic E-state index is -0.868. The van der Waals surface area contributed by atoms with Crippen LogP contribution in [0.25, 0.3) is 0 Å². The Hall–Kier alpha value is -1.78. The van der Waals surface area contributed by atoms with Crippen LogP contribution >= 0.6 is 0 Å². The van der Waals surface area contributed by atoms with Gasteiger partial charge < -0.3 is 9.84 Å². The fourth-order valence-corrected chi connectivity index (χ4v) is 2.20. The molecule has 1 fully saturated rings. The van der Waals surface area contributed by atoms with Gasteiger partial charge in [-0.15, -0.1) is 0 Å². The summed E-state index contributed by atoms with van der Waals surface area (Å²) in [7, 11) is 0. The Morgan fingerprint density at radius 1 is 1.50 bits per heavy atom. The number of hydrogen-bond acceptors (Lipinski definition) is 3. The third kappa shape index (κ3) is 3.62. The highest BCUT2D eigenvalue weighted by Crippen LogP contribution is 2.43. The molecule has 1 heterocycles. The quantitative estimate of drug-likeness (QED) is 0.899. The predicted octanol–water partition coefficient (Wildman–Crippen LogP) is 3.02. The van der Waals surface area contributed by atoms with Gasteiger partial charge in [-0.25, -0.2) is 4.79 Å². The SMILES string of the molecule is CC(C)(C)CN(C(=O)O)C1(COc2cccnc2)CC1. The zero-order valence-electron chi connectivity index (χ0n) is 12.3. The summed E-state index contributed by atoms with van der Waals surface area (Å²) in [5, 5.41) is 9.47. The molecule has 0 spiro atoms. The maximum atomic E-state index is 11.5. The van der Waals surface area contributed by atoms with Gasteiger partial charge in [0.05, 0.1) is 11.7 Å². The van der Waals surface area contributed by atoms with E-state index in [2.05, 4.69) is 4.98 Å². The summed E-state index contributed by atoms with van der Waals surface area (Å²) in [6, 6.07) is 3.64. The molecule has 0 unspecified atom stereocenters. The Morgan fingerprint density at radius 2 is 2.20 bits per heavy atom. The van der Waals surface area contributed by atoms with Gasteiger partial charge >= 0.3 is 6.09 Å². The summed E-state index contributed by atoms with van der Waals surface area (Å²) >= 11 is 0. The van der Waals surface area contributed by atoms with Crippen molar-refractivity contribution in [2.45, 2.75) is 39.2 Å². The zero-order valence-corrected chi connectivity index (χ0v) is 12.3. The molecule has 20 heavy (non-hydrogen) atoms. The van der Waals surface area contributed by atoms with Crippen LogP contribution in [0.4, 0.5) is 4.79 Å². The molecule has 1 N–H and O–H groups in total. The average molecular weight is 278 g/mol. The second-order valence-electron chi connectivity index (χ2n) is 6.63. The fraction of sp³-hybridized carbons (Fsp3) is 0.600. The molecule has 110 valence electrons. The number of carboxylic acid groups (broad SMARTS) is 1. The minimum absolute atomic E-state index is 0.0672. The molecule has 1 aromatic rings. The molecule has 2 rings (SSSR count). The van der Waals surface area contributed by atoms with E-state index >= 15 is 0 Å². The third-order valence-electron chi connectivity index (χ3n) is 3.41. The lowest BCUT2D eigenvalue weighted by molar-refractivity contribution is 0.0719. The highest BCUT2D eigenvalue weighted by Gasteiger charge is 2.52. The van der Waals surface area contributed by atoms with E-state index in [1.165, 1.54) is 0 Å². The summed E-state index contributed by atoms with van der Waals surface area (Å²) < 4.78 is 5.71. The van der Waals surface area contributed by atoms with E-state index in [0.29, 0.717) is 18.9 Å². The third-order valence-corrected chi connectivity index (χ3v) is 3.41. The highest BCUT2D eigenvalue weighted by molar-refractivity contribution is 5.67. The smallest absolute Gasteiger partial charge is 0.407 e. The van der Waals surface area contributed by atoms with Gasteiger partial charge in [0, 0.05) is 12.7 Å². The van der Waals surface area contributed by atoms with Gasteiger partial charge in [-0.05, 0) is 30.4 Å². The lowest BCUT2D eigenvalue weighted by Gasteiger charge is -2.34. The lowest BCUT2D eigenvalue weighted by atomic mass is 9.95. The van der Waals surface area contributed by atoms with Crippen LogP contribution in [0.5, 0.6) is 5.75 Å². The normalized spacial score (nSPS) is 16.6. The van der Waals surface area contributed by atoms with Gasteiger partial charge in [-0.2, -0.15) is 0 Å². The molecule has 0 aliphatic heterocycles. The molecule has 0 atom stereocenters. The molecule has 5 nitrogen and oxygen atoms in total. The van der Waals surface area contributed by atoms with Crippen molar-refractivity contribution < 1.29 is 14.6 Å². The summed E-state index contributed by atoms with van der Waals surface area (Å²) in [4.78, 5) is 17.1. The maximum Gasteiger partial charge on any atom is 0.407 e. The number of hydrogen-bond donors (Lipinski definition) is 1. The number of amides is 1. The van der Waals surface area contributed by atoms with Crippen molar-refractivity contribution in [1.29, 1.82) is 0 Å². The topological polar surface area (TPSA) is 62.7 Å². The number of pyridine rings is 1. The van der Waals surface area contributed by atoms with Crippen molar-refractivity contribution in [3.63, 3.8) is 0 Å². The van der Waals surface area contributed by atoms with Crippen molar-refractivity contribution in [2.75, 3.05) is 13.2 Å². The Morgan fingerprint density at radius 3 is 2.65 bits per heavy atom. The van der Waals surface area contributed by atoms with E-state index in [0.717, 1.165) is 12.8 Å². The Kier molecular flexibility index (Phi) is 3.88. The molecule has 1 aliphatic rings. The maximum absolute atomic E-state index is 11.5.